The van der Waals surface area contributed by atoms with Gasteiger partial charge < -0.3 is 10.1 Å². The molecule has 0 aliphatic heterocycles. The molecule has 0 spiro atoms. The highest BCUT2D eigenvalue weighted by atomic mass is 16.5. The molecule has 1 unspecified atom stereocenters. The molecule has 0 saturated heterocycles. The van der Waals surface area contributed by atoms with Gasteiger partial charge in [0.15, 0.2) is 0 Å². The lowest BCUT2D eigenvalue weighted by Crippen LogP contribution is -2.30. The summed E-state index contributed by atoms with van der Waals surface area (Å²) in [4.78, 5) is 23.8. The van der Waals surface area contributed by atoms with Gasteiger partial charge in [-0.05, 0) is 43.2 Å². The number of amides is 1. The monoisotopic (exact) mass is 345 g/mol. The molecular formula is C21H31NO3. The maximum atomic E-state index is 12.2. The second-order valence-corrected chi connectivity index (χ2v) is 6.85. The molecular weight excluding hydrogens is 314 g/mol. The number of fused-ring (bicyclic) bond motifs is 1. The molecule has 2 rings (SSSR count). The third-order valence-corrected chi connectivity index (χ3v) is 4.75. The number of hydrogen-bond acceptors (Lipinski definition) is 3. The van der Waals surface area contributed by atoms with Gasteiger partial charge in [-0.25, -0.2) is 0 Å². The molecule has 0 fully saturated rings. The molecule has 0 saturated carbocycles. The number of ether oxygens (including phenoxy) is 1. The van der Waals surface area contributed by atoms with Gasteiger partial charge in [-0.2, -0.15) is 0 Å². The second kappa shape index (κ2) is 10.9. The zero-order valence-electron chi connectivity index (χ0n) is 15.4. The van der Waals surface area contributed by atoms with E-state index in [1.165, 1.54) is 24.0 Å². The average Bonchev–Trinajstić information content (AvgIpc) is 2.62. The Labute approximate surface area is 151 Å². The van der Waals surface area contributed by atoms with Crippen LogP contribution in [0.15, 0.2) is 24.3 Å². The van der Waals surface area contributed by atoms with Crippen molar-refractivity contribution in [3.8, 4) is 0 Å². The molecule has 25 heavy (non-hydrogen) atoms. The van der Waals surface area contributed by atoms with E-state index in [0.717, 1.165) is 32.1 Å². The van der Waals surface area contributed by atoms with Crippen LogP contribution in [0.25, 0.3) is 0 Å². The zero-order valence-corrected chi connectivity index (χ0v) is 15.4. The lowest BCUT2D eigenvalue weighted by Gasteiger charge is -2.26. The average molecular weight is 345 g/mol. The van der Waals surface area contributed by atoms with E-state index in [9.17, 15) is 9.59 Å². The van der Waals surface area contributed by atoms with Crippen LogP contribution in [0, 0.1) is 0 Å². The molecule has 0 aromatic heterocycles. The van der Waals surface area contributed by atoms with Crippen LogP contribution in [0.2, 0.25) is 0 Å². The number of rotatable bonds is 10. The van der Waals surface area contributed by atoms with Gasteiger partial charge in [-0.1, -0.05) is 50.5 Å². The smallest absolute Gasteiger partial charge is 0.305 e. The van der Waals surface area contributed by atoms with E-state index in [2.05, 4.69) is 30.4 Å². The number of carbonyl (C=O) groups excluding carboxylic acids is 2. The summed E-state index contributed by atoms with van der Waals surface area (Å²) in [6.07, 6.45) is 8.83. The summed E-state index contributed by atoms with van der Waals surface area (Å²) < 4.78 is 5.20. The normalized spacial score (nSPS) is 16.1. The first-order valence-corrected chi connectivity index (χ1v) is 9.73. The molecule has 1 amide bonds. The van der Waals surface area contributed by atoms with E-state index in [4.69, 9.17) is 4.74 Å². The Morgan fingerprint density at radius 1 is 1.12 bits per heavy atom. The number of esters is 1. The van der Waals surface area contributed by atoms with Crippen molar-refractivity contribution in [2.45, 2.75) is 77.2 Å². The van der Waals surface area contributed by atoms with Crippen LogP contribution in [0.1, 0.15) is 81.9 Å². The Kier molecular flexibility index (Phi) is 8.50. The summed E-state index contributed by atoms with van der Waals surface area (Å²) >= 11 is 0. The van der Waals surface area contributed by atoms with Crippen LogP contribution in [0.5, 0.6) is 0 Å². The van der Waals surface area contributed by atoms with E-state index >= 15 is 0 Å². The lowest BCUT2D eigenvalue weighted by atomic mass is 9.87. The van der Waals surface area contributed by atoms with Crippen LogP contribution in [-0.4, -0.2) is 18.5 Å². The molecule has 4 nitrogen and oxygen atoms in total. The number of hydrogen-bond donors (Lipinski definition) is 1. The molecule has 0 heterocycles. The second-order valence-electron chi connectivity index (χ2n) is 6.85. The number of aryl methyl sites for hydroxylation is 1. The minimum Gasteiger partial charge on any atom is -0.466 e. The van der Waals surface area contributed by atoms with Crippen LogP contribution in [0.4, 0.5) is 0 Å². The van der Waals surface area contributed by atoms with Gasteiger partial charge in [0.1, 0.15) is 0 Å². The Morgan fingerprint density at radius 3 is 2.80 bits per heavy atom. The van der Waals surface area contributed by atoms with E-state index in [1.54, 1.807) is 0 Å². The van der Waals surface area contributed by atoms with Gasteiger partial charge in [0.2, 0.25) is 5.91 Å². The molecule has 4 heteroatoms. The van der Waals surface area contributed by atoms with Crippen molar-refractivity contribution < 1.29 is 14.3 Å². The number of benzene rings is 1. The molecule has 0 bridgehead atoms. The quantitative estimate of drug-likeness (QED) is 0.503. The van der Waals surface area contributed by atoms with Crippen molar-refractivity contribution in [2.75, 3.05) is 6.61 Å². The molecule has 1 aromatic rings. The summed E-state index contributed by atoms with van der Waals surface area (Å²) in [6, 6.07) is 8.44. The van der Waals surface area contributed by atoms with Crippen molar-refractivity contribution >= 4 is 11.9 Å². The first kappa shape index (κ1) is 19.5. The summed E-state index contributed by atoms with van der Waals surface area (Å²) in [5, 5.41) is 3.12. The highest BCUT2D eigenvalue weighted by Crippen LogP contribution is 2.29. The summed E-state index contributed by atoms with van der Waals surface area (Å²) in [5.41, 5.74) is 2.58. The highest BCUT2D eigenvalue weighted by molar-refractivity contribution is 5.77. The van der Waals surface area contributed by atoms with Gasteiger partial charge in [0.25, 0.3) is 0 Å². The fraction of sp³-hybridized carbons (Fsp3) is 0.619. The molecule has 1 N–H and O–H groups in total. The predicted octanol–water partition coefficient (Wildman–Crippen LogP) is 4.47. The predicted molar refractivity (Wildman–Crippen MR) is 99.2 cm³/mol. The maximum absolute atomic E-state index is 12.2. The number of carbonyl (C=O) groups is 2. The summed E-state index contributed by atoms with van der Waals surface area (Å²) in [7, 11) is 0. The van der Waals surface area contributed by atoms with Crippen LogP contribution in [0.3, 0.4) is 0 Å². The summed E-state index contributed by atoms with van der Waals surface area (Å²) in [6.45, 7) is 2.66. The Bertz CT molecular complexity index is 556. The first-order valence-electron chi connectivity index (χ1n) is 9.73. The van der Waals surface area contributed by atoms with Crippen molar-refractivity contribution in [1.82, 2.24) is 5.32 Å². The Hall–Kier alpha value is -1.84. The van der Waals surface area contributed by atoms with Crippen LogP contribution in [-0.2, 0) is 20.7 Å². The van der Waals surface area contributed by atoms with Gasteiger partial charge in [-0.3, -0.25) is 9.59 Å². The van der Waals surface area contributed by atoms with Crippen LogP contribution < -0.4 is 5.32 Å². The van der Waals surface area contributed by atoms with Crippen molar-refractivity contribution in [2.24, 2.45) is 0 Å². The van der Waals surface area contributed by atoms with Crippen molar-refractivity contribution in [1.29, 1.82) is 0 Å². The standard InChI is InChI=1S/C21H31NO3/c1-2-3-4-7-16-25-21(24)15-9-14-20(23)22-19-13-8-11-17-10-5-6-12-18(17)19/h5-6,10,12,19H,2-4,7-9,11,13-16H2,1H3,(H,22,23). The van der Waals surface area contributed by atoms with E-state index < -0.39 is 0 Å². The Balaban J connectivity index is 1.62. The SMILES string of the molecule is CCCCCCOC(=O)CCCC(=O)NC1CCCc2ccccc21. The van der Waals surface area contributed by atoms with Gasteiger partial charge in [-0.15, -0.1) is 0 Å². The number of nitrogens with one attached hydrogen (secondary N) is 1. The molecule has 1 atom stereocenters. The third kappa shape index (κ3) is 6.89. The van der Waals surface area contributed by atoms with Crippen LogP contribution >= 0.6 is 0 Å². The highest BCUT2D eigenvalue weighted by Gasteiger charge is 2.21. The summed E-state index contributed by atoms with van der Waals surface area (Å²) in [5.74, 6) is -0.162. The fourth-order valence-electron chi connectivity index (χ4n) is 3.35. The van der Waals surface area contributed by atoms with Gasteiger partial charge >= 0.3 is 5.97 Å². The fourth-order valence-corrected chi connectivity index (χ4v) is 3.35. The van der Waals surface area contributed by atoms with E-state index in [1.807, 2.05) is 6.07 Å². The largest absolute Gasteiger partial charge is 0.466 e. The first-order chi connectivity index (χ1) is 12.2. The molecule has 1 aliphatic rings. The molecule has 1 aliphatic carbocycles. The van der Waals surface area contributed by atoms with Gasteiger partial charge in [0.05, 0.1) is 12.6 Å². The number of unbranched alkanes of at least 4 members (excludes halogenated alkanes) is 3. The minimum atomic E-state index is -0.188. The van der Waals surface area contributed by atoms with Crippen molar-refractivity contribution in [3.63, 3.8) is 0 Å². The minimum absolute atomic E-state index is 0.0254. The topological polar surface area (TPSA) is 55.4 Å². The maximum Gasteiger partial charge on any atom is 0.305 e. The zero-order chi connectivity index (χ0) is 17.9. The van der Waals surface area contributed by atoms with E-state index in [-0.39, 0.29) is 17.9 Å². The molecule has 1 aromatic carbocycles. The van der Waals surface area contributed by atoms with Gasteiger partial charge in [0, 0.05) is 12.8 Å². The Morgan fingerprint density at radius 2 is 1.96 bits per heavy atom. The van der Waals surface area contributed by atoms with Crippen molar-refractivity contribution in [3.05, 3.63) is 35.4 Å². The lowest BCUT2D eigenvalue weighted by molar-refractivity contribution is -0.143. The molecule has 0 radical (unpaired) electrons. The van der Waals surface area contributed by atoms with E-state index in [0.29, 0.717) is 25.9 Å². The molecule has 138 valence electrons. The third-order valence-electron chi connectivity index (χ3n) is 4.75.